The van der Waals surface area contributed by atoms with Crippen molar-refractivity contribution in [2.24, 2.45) is 0 Å². The van der Waals surface area contributed by atoms with Crippen molar-refractivity contribution in [3.63, 3.8) is 0 Å². The van der Waals surface area contributed by atoms with Crippen LogP contribution >= 0.6 is 23.2 Å². The first-order valence-corrected chi connectivity index (χ1v) is 13.3. The van der Waals surface area contributed by atoms with E-state index in [0.29, 0.717) is 34.3 Å². The monoisotopic (exact) mass is 529 g/mol. The molecule has 0 unspecified atom stereocenters. The quantitative estimate of drug-likeness (QED) is 0.478. The van der Waals surface area contributed by atoms with Crippen molar-refractivity contribution < 1.29 is 22.7 Å². The van der Waals surface area contributed by atoms with E-state index in [9.17, 15) is 18.0 Å². The SMILES string of the molecule is CCNC(=O)[C@H](CC)N(Cc1ccc(Cl)c(Cl)c1)C(=O)CN(c1ccccc1OC)S(C)(=O)=O. The Morgan fingerprint density at radius 1 is 1.09 bits per heavy atom. The highest BCUT2D eigenvalue weighted by Crippen LogP contribution is 2.30. The number of hydrogen-bond donors (Lipinski definition) is 1. The second-order valence-corrected chi connectivity index (χ2v) is 10.3. The summed E-state index contributed by atoms with van der Waals surface area (Å²) in [4.78, 5) is 27.7. The van der Waals surface area contributed by atoms with E-state index in [2.05, 4.69) is 5.32 Å². The largest absolute Gasteiger partial charge is 0.495 e. The summed E-state index contributed by atoms with van der Waals surface area (Å²) in [5.41, 5.74) is 0.870. The second-order valence-electron chi connectivity index (χ2n) is 7.53. The highest BCUT2D eigenvalue weighted by Gasteiger charge is 2.32. The first-order chi connectivity index (χ1) is 16.0. The molecule has 0 fully saturated rings. The van der Waals surface area contributed by atoms with E-state index in [4.69, 9.17) is 27.9 Å². The Morgan fingerprint density at radius 3 is 2.32 bits per heavy atom. The normalized spacial score (nSPS) is 12.1. The number of sulfonamides is 1. The predicted octanol–water partition coefficient (Wildman–Crippen LogP) is 3.71. The van der Waals surface area contributed by atoms with E-state index in [1.54, 1.807) is 56.3 Å². The van der Waals surface area contributed by atoms with Gasteiger partial charge in [-0.25, -0.2) is 8.42 Å². The summed E-state index contributed by atoms with van der Waals surface area (Å²) in [7, 11) is -2.44. The maximum Gasteiger partial charge on any atom is 0.244 e. The van der Waals surface area contributed by atoms with Crippen LogP contribution in [0.5, 0.6) is 5.75 Å². The van der Waals surface area contributed by atoms with Gasteiger partial charge in [0.1, 0.15) is 18.3 Å². The van der Waals surface area contributed by atoms with E-state index < -0.39 is 28.5 Å². The molecule has 0 heterocycles. The molecule has 0 bridgehead atoms. The van der Waals surface area contributed by atoms with Crippen LogP contribution in [0.2, 0.25) is 10.0 Å². The number of methoxy groups -OCH3 is 1. The zero-order valence-corrected chi connectivity index (χ0v) is 21.9. The number of likely N-dealkylation sites (N-methyl/N-ethyl adjacent to an activating group) is 1. The fourth-order valence-corrected chi connectivity index (χ4v) is 4.65. The van der Waals surface area contributed by atoms with Crippen LogP contribution in [0.15, 0.2) is 42.5 Å². The van der Waals surface area contributed by atoms with Crippen molar-refractivity contribution in [1.29, 1.82) is 0 Å². The highest BCUT2D eigenvalue weighted by molar-refractivity contribution is 7.92. The molecule has 0 saturated heterocycles. The van der Waals surface area contributed by atoms with Crippen molar-refractivity contribution in [3.05, 3.63) is 58.1 Å². The molecule has 0 aliphatic rings. The average molecular weight is 530 g/mol. The maximum atomic E-state index is 13.6. The van der Waals surface area contributed by atoms with Crippen LogP contribution in [-0.4, -0.2) is 57.6 Å². The lowest BCUT2D eigenvalue weighted by atomic mass is 10.1. The van der Waals surface area contributed by atoms with Crippen molar-refractivity contribution in [1.82, 2.24) is 10.2 Å². The van der Waals surface area contributed by atoms with Crippen LogP contribution in [-0.2, 0) is 26.2 Å². The van der Waals surface area contributed by atoms with Gasteiger partial charge in [-0.1, -0.05) is 48.3 Å². The molecule has 11 heteroatoms. The van der Waals surface area contributed by atoms with E-state index >= 15 is 0 Å². The molecule has 0 radical (unpaired) electrons. The van der Waals surface area contributed by atoms with Gasteiger partial charge in [0.05, 0.1) is 29.1 Å². The molecule has 8 nitrogen and oxygen atoms in total. The van der Waals surface area contributed by atoms with Crippen molar-refractivity contribution >= 4 is 50.7 Å². The van der Waals surface area contributed by atoms with Crippen LogP contribution in [0.25, 0.3) is 0 Å². The second kappa shape index (κ2) is 12.3. The number of amides is 2. The lowest BCUT2D eigenvalue weighted by Gasteiger charge is -2.33. The van der Waals surface area contributed by atoms with E-state index in [1.165, 1.54) is 12.0 Å². The first kappa shape index (κ1) is 27.8. The lowest BCUT2D eigenvalue weighted by molar-refractivity contribution is -0.140. The number of halogens is 2. The number of carbonyl (C=O) groups is 2. The zero-order chi connectivity index (χ0) is 25.5. The van der Waals surface area contributed by atoms with Crippen molar-refractivity contribution in [3.8, 4) is 5.75 Å². The van der Waals surface area contributed by atoms with Gasteiger partial charge in [0.15, 0.2) is 0 Å². The van der Waals surface area contributed by atoms with Gasteiger partial charge in [0.25, 0.3) is 0 Å². The molecule has 2 rings (SSSR count). The molecule has 0 aliphatic carbocycles. The van der Waals surface area contributed by atoms with E-state index in [-0.39, 0.29) is 18.1 Å². The van der Waals surface area contributed by atoms with E-state index in [1.807, 2.05) is 0 Å². The number of nitrogens with zero attached hydrogens (tertiary/aromatic N) is 2. The molecule has 2 aromatic rings. The van der Waals surface area contributed by atoms with Crippen LogP contribution in [0.3, 0.4) is 0 Å². The summed E-state index contributed by atoms with van der Waals surface area (Å²) in [6.07, 6.45) is 1.34. The van der Waals surface area contributed by atoms with Gasteiger partial charge in [0.2, 0.25) is 21.8 Å². The summed E-state index contributed by atoms with van der Waals surface area (Å²) in [6, 6.07) is 10.6. The van der Waals surface area contributed by atoms with Gasteiger partial charge < -0.3 is 15.0 Å². The van der Waals surface area contributed by atoms with Gasteiger partial charge in [-0.05, 0) is 43.2 Å². The number of anilines is 1. The van der Waals surface area contributed by atoms with Gasteiger partial charge in [-0.3, -0.25) is 13.9 Å². The summed E-state index contributed by atoms with van der Waals surface area (Å²) >= 11 is 12.2. The van der Waals surface area contributed by atoms with E-state index in [0.717, 1.165) is 10.6 Å². The Kier molecular flexibility index (Phi) is 10.0. The number of rotatable bonds is 11. The average Bonchev–Trinajstić information content (AvgIpc) is 2.79. The third-order valence-corrected chi connectivity index (χ3v) is 6.97. The van der Waals surface area contributed by atoms with Crippen molar-refractivity contribution in [2.75, 3.05) is 30.8 Å². The van der Waals surface area contributed by atoms with Crippen LogP contribution in [0.1, 0.15) is 25.8 Å². The molecule has 0 aromatic heterocycles. The molecular weight excluding hydrogens is 501 g/mol. The van der Waals surface area contributed by atoms with Crippen molar-refractivity contribution in [2.45, 2.75) is 32.9 Å². The zero-order valence-electron chi connectivity index (χ0n) is 19.5. The van der Waals surface area contributed by atoms with Crippen LogP contribution in [0.4, 0.5) is 5.69 Å². The topological polar surface area (TPSA) is 96.0 Å². The molecule has 186 valence electrons. The molecule has 34 heavy (non-hydrogen) atoms. The third kappa shape index (κ3) is 7.01. The standard InChI is InChI=1S/C23H29Cl2N3O5S/c1-5-19(23(30)26-6-2)27(14-16-11-12-17(24)18(25)13-16)22(29)15-28(34(4,31)32)20-9-7-8-10-21(20)33-3/h7-13,19H,5-6,14-15H2,1-4H3,(H,26,30)/t19-/m0/s1. The highest BCUT2D eigenvalue weighted by atomic mass is 35.5. The minimum Gasteiger partial charge on any atom is -0.495 e. The molecule has 2 amide bonds. The summed E-state index contributed by atoms with van der Waals surface area (Å²) in [5, 5.41) is 3.41. The van der Waals surface area contributed by atoms with Gasteiger partial charge in [-0.15, -0.1) is 0 Å². The Balaban J connectivity index is 2.49. The third-order valence-electron chi connectivity index (χ3n) is 5.11. The van der Waals surface area contributed by atoms with Crippen LogP contribution < -0.4 is 14.4 Å². The molecule has 0 saturated carbocycles. The number of para-hydroxylation sites is 2. The Hall–Kier alpha value is -2.49. The fourth-order valence-electron chi connectivity index (χ4n) is 3.48. The van der Waals surface area contributed by atoms with Gasteiger partial charge in [0, 0.05) is 13.1 Å². The number of benzene rings is 2. The summed E-state index contributed by atoms with van der Waals surface area (Å²) in [5.74, 6) is -0.588. The van der Waals surface area contributed by atoms with Gasteiger partial charge in [-0.2, -0.15) is 0 Å². The Morgan fingerprint density at radius 2 is 1.76 bits per heavy atom. The molecule has 0 aliphatic heterocycles. The Bertz CT molecular complexity index is 1130. The fraction of sp³-hybridized carbons (Fsp3) is 0.391. The summed E-state index contributed by atoms with van der Waals surface area (Å²) < 4.78 is 31.6. The van der Waals surface area contributed by atoms with Crippen LogP contribution in [0, 0.1) is 0 Å². The summed E-state index contributed by atoms with van der Waals surface area (Å²) in [6.45, 7) is 3.47. The maximum absolute atomic E-state index is 13.6. The smallest absolute Gasteiger partial charge is 0.244 e. The molecule has 0 spiro atoms. The molecule has 2 aromatic carbocycles. The predicted molar refractivity (Wildman–Crippen MR) is 135 cm³/mol. The minimum absolute atomic E-state index is 0.0366. The first-order valence-electron chi connectivity index (χ1n) is 10.6. The van der Waals surface area contributed by atoms with Gasteiger partial charge >= 0.3 is 0 Å². The number of ether oxygens (including phenoxy) is 1. The number of hydrogen-bond acceptors (Lipinski definition) is 5. The number of carbonyl (C=O) groups excluding carboxylic acids is 2. The lowest BCUT2D eigenvalue weighted by Crippen LogP contribution is -2.52. The molecular formula is C23H29Cl2N3O5S. The Labute approximate surface area is 210 Å². The minimum atomic E-state index is -3.86. The molecule has 1 N–H and O–H groups in total. The number of nitrogens with one attached hydrogen (secondary N) is 1. The molecule has 1 atom stereocenters.